The van der Waals surface area contributed by atoms with Crippen molar-refractivity contribution < 1.29 is 46.3 Å². The van der Waals surface area contributed by atoms with Crippen molar-refractivity contribution in [3.8, 4) is 0 Å². The molecule has 2 aromatic heterocycles. The Hall–Kier alpha value is -1.87. The van der Waals surface area contributed by atoms with E-state index in [2.05, 4.69) is 93.1 Å². The highest BCUT2D eigenvalue weighted by Gasteiger charge is 1.99. The summed E-state index contributed by atoms with van der Waals surface area (Å²) in [6.45, 7) is 7.57. The lowest BCUT2D eigenvalue weighted by atomic mass is 10.1. The number of nitrogens with zero attached hydrogens (tertiary/aromatic N) is 4. The molecule has 2 rings (SSSR count). The fraction of sp³-hybridized carbons (Fsp3) is 0.800. The van der Waals surface area contributed by atoms with Gasteiger partial charge in [0.25, 0.3) is 0 Å². The van der Waals surface area contributed by atoms with Crippen molar-refractivity contribution in [3.05, 3.63) is 37.4 Å². The molecule has 2 heterocycles. The number of aliphatic hydroxyl groups is 2. The van der Waals surface area contributed by atoms with E-state index in [9.17, 15) is 0 Å². The van der Waals surface area contributed by atoms with Crippen molar-refractivity contribution in [2.24, 2.45) is 14.1 Å². The summed E-state index contributed by atoms with van der Waals surface area (Å²) < 4.78 is 51.7. The average molecular weight is 639 g/mol. The molecule has 0 atom stereocenters. The van der Waals surface area contributed by atoms with E-state index >= 15 is 0 Å². The fourth-order valence-electron chi connectivity index (χ4n) is 3.65. The predicted molar refractivity (Wildman–Crippen MR) is 166 cm³/mol. The van der Waals surface area contributed by atoms with Crippen molar-refractivity contribution in [3.63, 3.8) is 0 Å². The summed E-state index contributed by atoms with van der Waals surface area (Å²) in [5, 5.41) is 16.2. The summed E-state index contributed by atoms with van der Waals surface area (Å²) >= 11 is 0. The smallest absolute Gasteiger partial charge is 0.243 e. The van der Waals surface area contributed by atoms with Gasteiger partial charge in [-0.1, -0.05) is 65.2 Å². The van der Waals surface area contributed by atoms with Gasteiger partial charge in [-0.05, 0) is 25.7 Å². The van der Waals surface area contributed by atoms with Crippen LogP contribution in [0.1, 0.15) is 90.9 Å². The fourth-order valence-corrected chi connectivity index (χ4v) is 3.65. The van der Waals surface area contributed by atoms with Crippen LogP contribution in [0.25, 0.3) is 0 Å². The molecule has 0 radical (unpaired) electrons. The van der Waals surface area contributed by atoms with Gasteiger partial charge in [-0.15, -0.1) is 0 Å². The Morgan fingerprint density at radius 3 is 1.23 bits per heavy atom. The number of aromatic nitrogens is 4. The lowest BCUT2D eigenvalue weighted by Crippen LogP contribution is -2.23. The molecule has 2 N–H and O–H groups in total. The maximum atomic E-state index is 8.52. The molecule has 0 aliphatic carbocycles. The SMILES string of the molecule is CCCCCCCCn1cc[n+](C)c1.CCCCCCCCn1cc[n+](C)c1.COC.O=S(=O)([O-])[O-].OCCOCCO. The van der Waals surface area contributed by atoms with Gasteiger partial charge in [-0.2, -0.15) is 0 Å². The number of ether oxygens (including phenoxy) is 2. The second-order valence-electron chi connectivity index (χ2n) is 10.0. The highest BCUT2D eigenvalue weighted by molar-refractivity contribution is 7.79. The molecule has 256 valence electrons. The summed E-state index contributed by atoms with van der Waals surface area (Å²) in [6.07, 6.45) is 29.3. The Morgan fingerprint density at radius 2 is 0.977 bits per heavy atom. The van der Waals surface area contributed by atoms with Gasteiger partial charge in [0.1, 0.15) is 24.8 Å². The number of hydrogen-bond acceptors (Lipinski definition) is 8. The van der Waals surface area contributed by atoms with Gasteiger partial charge in [-0.25, -0.2) is 18.3 Å². The number of aryl methyl sites for hydroxylation is 4. The van der Waals surface area contributed by atoms with Crippen molar-refractivity contribution in [2.45, 2.75) is 104 Å². The van der Waals surface area contributed by atoms with E-state index < -0.39 is 10.4 Å². The quantitative estimate of drug-likeness (QED) is 0.109. The van der Waals surface area contributed by atoms with E-state index in [0.29, 0.717) is 13.2 Å². The first-order valence-corrected chi connectivity index (χ1v) is 16.7. The number of rotatable bonds is 18. The lowest BCUT2D eigenvalue weighted by Gasteiger charge is -2.06. The van der Waals surface area contributed by atoms with E-state index in [1.807, 2.05) is 0 Å². The molecule has 0 aromatic carbocycles. The molecule has 0 aliphatic heterocycles. The minimum absolute atomic E-state index is 0.0278. The van der Waals surface area contributed by atoms with Gasteiger partial charge in [0.15, 0.2) is 0 Å². The van der Waals surface area contributed by atoms with Gasteiger partial charge in [0.2, 0.25) is 12.7 Å². The highest BCUT2D eigenvalue weighted by Crippen LogP contribution is 2.06. The van der Waals surface area contributed by atoms with Crippen LogP contribution in [0.15, 0.2) is 37.4 Å². The van der Waals surface area contributed by atoms with Crippen LogP contribution in [0.4, 0.5) is 0 Å². The molecule has 0 saturated carbocycles. The molecule has 13 heteroatoms. The van der Waals surface area contributed by atoms with Crippen LogP contribution in [-0.2, 0) is 47.1 Å². The van der Waals surface area contributed by atoms with Crippen LogP contribution in [0.3, 0.4) is 0 Å². The second-order valence-corrected chi connectivity index (χ2v) is 10.9. The molecule has 0 amide bonds. The third-order valence-electron chi connectivity index (χ3n) is 5.66. The maximum absolute atomic E-state index is 8.52. The summed E-state index contributed by atoms with van der Waals surface area (Å²) in [7, 11) is 2.22. The minimum atomic E-state index is -5.17. The van der Waals surface area contributed by atoms with Crippen LogP contribution in [-0.4, -0.2) is 77.5 Å². The first kappa shape index (κ1) is 45.6. The maximum Gasteiger partial charge on any atom is 0.243 e. The molecule has 0 aliphatic rings. The van der Waals surface area contributed by atoms with Gasteiger partial charge >= 0.3 is 0 Å². The van der Waals surface area contributed by atoms with E-state index in [-0.39, 0.29) is 13.2 Å². The van der Waals surface area contributed by atoms with E-state index in [1.54, 1.807) is 14.2 Å². The van der Waals surface area contributed by atoms with Crippen LogP contribution >= 0.6 is 0 Å². The Morgan fingerprint density at radius 1 is 0.674 bits per heavy atom. The highest BCUT2D eigenvalue weighted by atomic mass is 32.3. The number of methoxy groups -OCH3 is 1. The largest absolute Gasteiger partial charge is 0.759 e. The zero-order valence-electron chi connectivity index (χ0n) is 27.7. The summed E-state index contributed by atoms with van der Waals surface area (Å²) in [6, 6.07) is 0. The van der Waals surface area contributed by atoms with Gasteiger partial charge in [0.05, 0.1) is 53.6 Å². The molecular weight excluding hydrogens is 576 g/mol. The van der Waals surface area contributed by atoms with Crippen LogP contribution in [0.5, 0.6) is 0 Å². The van der Waals surface area contributed by atoms with Crippen molar-refractivity contribution in [1.29, 1.82) is 0 Å². The molecule has 0 bridgehead atoms. The summed E-state index contributed by atoms with van der Waals surface area (Å²) in [5.41, 5.74) is 0. The van der Waals surface area contributed by atoms with E-state index in [1.165, 1.54) is 90.1 Å². The Labute approximate surface area is 261 Å². The summed E-state index contributed by atoms with van der Waals surface area (Å²) in [4.78, 5) is 0. The van der Waals surface area contributed by atoms with Gasteiger partial charge in [-0.3, -0.25) is 8.42 Å². The lowest BCUT2D eigenvalue weighted by molar-refractivity contribution is -0.671. The minimum Gasteiger partial charge on any atom is -0.759 e. The third-order valence-corrected chi connectivity index (χ3v) is 5.66. The van der Waals surface area contributed by atoms with Crippen molar-refractivity contribution in [2.75, 3.05) is 40.6 Å². The van der Waals surface area contributed by atoms with Crippen LogP contribution in [0.2, 0.25) is 0 Å². The van der Waals surface area contributed by atoms with Crippen LogP contribution < -0.4 is 9.13 Å². The predicted octanol–water partition coefficient (Wildman–Crippen LogP) is 3.26. The van der Waals surface area contributed by atoms with E-state index in [0.717, 1.165) is 0 Å². The van der Waals surface area contributed by atoms with Crippen LogP contribution in [0, 0.1) is 0 Å². The molecular formula is C30H62N4O8S. The molecule has 0 saturated heterocycles. The van der Waals surface area contributed by atoms with Gasteiger partial charge < -0.3 is 28.8 Å². The molecule has 0 unspecified atom stereocenters. The zero-order valence-corrected chi connectivity index (χ0v) is 28.5. The number of unbranched alkanes of at least 4 members (excludes halogenated alkanes) is 10. The number of aliphatic hydroxyl groups excluding tert-OH is 2. The second kappa shape index (κ2) is 34.6. The Bertz CT molecular complexity index is 843. The normalized spacial score (nSPS) is 10.3. The first-order chi connectivity index (χ1) is 20.5. The monoisotopic (exact) mass is 638 g/mol. The molecule has 0 spiro atoms. The van der Waals surface area contributed by atoms with E-state index in [4.69, 9.17) is 27.7 Å². The topological polar surface area (TPSA) is 157 Å². The Kier molecular flexibility index (Phi) is 36.7. The van der Waals surface area contributed by atoms with Crippen molar-refractivity contribution >= 4 is 10.4 Å². The number of imidazole rings is 2. The Balaban J connectivity index is -0.000000515. The first-order valence-electron chi connectivity index (χ1n) is 15.4. The molecule has 12 nitrogen and oxygen atoms in total. The zero-order chi connectivity index (χ0) is 33.2. The van der Waals surface area contributed by atoms with Crippen molar-refractivity contribution in [1.82, 2.24) is 9.13 Å². The molecule has 2 aromatic rings. The molecule has 43 heavy (non-hydrogen) atoms. The third kappa shape index (κ3) is 44.7. The standard InChI is InChI=1S/2C12H23N2.C4H10O3.C2H6O.H2O4S/c2*1-3-4-5-6-7-8-9-14-11-10-13(2)12-14;5-1-3-7-4-2-6;1-3-2;1-5(2,3)4/h2*10-12H,3-9H2,1-2H3;5-6H,1-4H2;1-2H3;(H2,1,2,3,4)/q2*+1;;;/p-2. The van der Waals surface area contributed by atoms with Gasteiger partial charge in [0, 0.05) is 24.6 Å². The number of hydrogen-bond donors (Lipinski definition) is 2. The average Bonchev–Trinajstić information content (AvgIpc) is 3.56. The molecule has 0 fully saturated rings. The summed E-state index contributed by atoms with van der Waals surface area (Å²) in [5.74, 6) is 0.